The molecule has 1 aromatic carbocycles. The maximum absolute atomic E-state index is 13.3. The van der Waals surface area contributed by atoms with Gasteiger partial charge in [-0.05, 0) is 18.2 Å². The van der Waals surface area contributed by atoms with Crippen LogP contribution in [0.3, 0.4) is 0 Å². The van der Waals surface area contributed by atoms with Crippen LogP contribution in [-0.2, 0) is 6.54 Å². The summed E-state index contributed by atoms with van der Waals surface area (Å²) in [5, 5.41) is 0. The van der Waals surface area contributed by atoms with Crippen LogP contribution in [0.2, 0.25) is 0 Å². The molecule has 0 bridgehead atoms. The predicted molar refractivity (Wildman–Crippen MR) is 89.5 cm³/mol. The number of nitrogens with zero attached hydrogens (tertiary/aromatic N) is 5. The van der Waals surface area contributed by atoms with Crippen LogP contribution in [0.4, 0.5) is 14.6 Å². The molecule has 25 heavy (non-hydrogen) atoms. The molecule has 0 aliphatic rings. The summed E-state index contributed by atoms with van der Waals surface area (Å²) in [6.45, 7) is 2.04. The molecule has 1 atom stereocenters. The summed E-state index contributed by atoms with van der Waals surface area (Å²) in [7, 11) is 3.71. The zero-order valence-electron chi connectivity index (χ0n) is 14.1. The Hall–Kier alpha value is -2.90. The molecule has 0 amide bonds. The molecule has 6 nitrogen and oxygen atoms in total. The number of carbonyl (C=O) groups excluding carboxylic acids is 1. The molecule has 2 aromatic heterocycles. The first-order valence-corrected chi connectivity index (χ1v) is 7.71. The standard InChI is InChI=1S/C17H17F2N5O/c1-10(15(25)11-4-5-12(18)13(19)6-11)7-24-9-22-14-16(23(2)3)20-8-21-17(14)24/h4-6,8-10H,7H2,1-3H3. The summed E-state index contributed by atoms with van der Waals surface area (Å²) < 4.78 is 28.1. The average Bonchev–Trinajstić information content (AvgIpc) is 2.99. The van der Waals surface area contributed by atoms with Gasteiger partial charge in [0.05, 0.1) is 6.33 Å². The number of anilines is 1. The number of ketones is 1. The quantitative estimate of drug-likeness (QED) is 0.665. The molecule has 0 fully saturated rings. The van der Waals surface area contributed by atoms with E-state index in [1.165, 1.54) is 12.4 Å². The number of benzene rings is 1. The Labute approximate surface area is 143 Å². The molecule has 3 aromatic rings. The fraction of sp³-hybridized carbons (Fsp3) is 0.294. The van der Waals surface area contributed by atoms with Crippen molar-refractivity contribution in [3.8, 4) is 0 Å². The van der Waals surface area contributed by atoms with Crippen molar-refractivity contribution < 1.29 is 13.6 Å². The first-order valence-electron chi connectivity index (χ1n) is 7.71. The highest BCUT2D eigenvalue weighted by molar-refractivity contribution is 5.97. The minimum atomic E-state index is -1.03. The number of halogens is 2. The summed E-state index contributed by atoms with van der Waals surface area (Å²) in [6, 6.07) is 3.17. The number of Topliss-reactive ketones (excluding diaryl/α,β-unsaturated/α-hetero) is 1. The first kappa shape index (κ1) is 16.9. The van der Waals surface area contributed by atoms with E-state index in [1.807, 2.05) is 19.0 Å². The molecule has 2 heterocycles. The summed E-state index contributed by atoms with van der Waals surface area (Å²) in [5.74, 6) is -2.06. The Morgan fingerprint density at radius 3 is 2.64 bits per heavy atom. The first-order chi connectivity index (χ1) is 11.9. The van der Waals surface area contributed by atoms with Gasteiger partial charge in [0, 0.05) is 32.1 Å². The van der Waals surface area contributed by atoms with Crippen molar-refractivity contribution in [1.82, 2.24) is 19.5 Å². The van der Waals surface area contributed by atoms with E-state index in [1.54, 1.807) is 17.8 Å². The maximum atomic E-state index is 13.3. The van der Waals surface area contributed by atoms with Crippen molar-refractivity contribution in [2.24, 2.45) is 5.92 Å². The zero-order chi connectivity index (χ0) is 18.1. The SMILES string of the molecule is CC(Cn1cnc2c(N(C)C)ncnc21)C(=O)c1ccc(F)c(F)c1. The lowest BCUT2D eigenvalue weighted by Gasteiger charge is -2.13. The Bertz CT molecular complexity index is 938. The molecule has 3 rings (SSSR count). The second-order valence-corrected chi connectivity index (χ2v) is 6.06. The molecule has 0 aliphatic heterocycles. The highest BCUT2D eigenvalue weighted by atomic mass is 19.2. The lowest BCUT2D eigenvalue weighted by atomic mass is 9.99. The van der Waals surface area contributed by atoms with Gasteiger partial charge < -0.3 is 9.47 Å². The van der Waals surface area contributed by atoms with E-state index in [0.717, 1.165) is 12.1 Å². The number of fused-ring (bicyclic) bond motifs is 1. The van der Waals surface area contributed by atoms with Crippen molar-refractivity contribution in [2.45, 2.75) is 13.5 Å². The van der Waals surface area contributed by atoms with Crippen molar-refractivity contribution in [1.29, 1.82) is 0 Å². The third kappa shape index (κ3) is 3.19. The number of imidazole rings is 1. The van der Waals surface area contributed by atoms with Crippen molar-refractivity contribution in [3.05, 3.63) is 48.1 Å². The monoisotopic (exact) mass is 345 g/mol. The topological polar surface area (TPSA) is 63.9 Å². The van der Waals surface area contributed by atoms with Crippen LogP contribution >= 0.6 is 0 Å². The van der Waals surface area contributed by atoms with E-state index < -0.39 is 17.6 Å². The van der Waals surface area contributed by atoms with Crippen LogP contribution in [0.15, 0.2) is 30.9 Å². The van der Waals surface area contributed by atoms with Gasteiger partial charge in [0.2, 0.25) is 0 Å². The molecular weight excluding hydrogens is 328 g/mol. The molecule has 130 valence electrons. The van der Waals surface area contributed by atoms with E-state index in [0.29, 0.717) is 23.5 Å². The Morgan fingerprint density at radius 2 is 1.96 bits per heavy atom. The molecule has 0 aliphatic carbocycles. The summed E-state index contributed by atoms with van der Waals surface area (Å²) in [5.41, 5.74) is 1.39. The Balaban J connectivity index is 1.86. The predicted octanol–water partition coefficient (Wildman–Crippen LogP) is 2.69. The fourth-order valence-electron chi connectivity index (χ4n) is 2.64. The van der Waals surface area contributed by atoms with Crippen LogP contribution in [0.1, 0.15) is 17.3 Å². The summed E-state index contributed by atoms with van der Waals surface area (Å²) in [6.07, 6.45) is 3.04. The van der Waals surface area contributed by atoms with Crippen LogP contribution < -0.4 is 4.90 Å². The molecule has 0 radical (unpaired) electrons. The molecular formula is C17H17F2N5O. The molecule has 0 N–H and O–H groups in total. The van der Waals surface area contributed by atoms with Crippen LogP contribution in [0, 0.1) is 17.6 Å². The van der Waals surface area contributed by atoms with Gasteiger partial charge in [0.15, 0.2) is 34.4 Å². The van der Waals surface area contributed by atoms with Crippen LogP contribution in [0.25, 0.3) is 11.2 Å². The molecule has 0 saturated carbocycles. The normalized spacial score (nSPS) is 12.4. The number of hydrogen-bond donors (Lipinski definition) is 0. The second kappa shape index (κ2) is 6.54. The Kier molecular flexibility index (Phi) is 4.43. The second-order valence-electron chi connectivity index (χ2n) is 6.06. The van der Waals surface area contributed by atoms with Gasteiger partial charge in [0.1, 0.15) is 6.33 Å². The van der Waals surface area contributed by atoms with E-state index in [-0.39, 0.29) is 11.3 Å². The third-order valence-electron chi connectivity index (χ3n) is 3.93. The van der Waals surface area contributed by atoms with Crippen molar-refractivity contribution in [2.75, 3.05) is 19.0 Å². The highest BCUT2D eigenvalue weighted by Gasteiger charge is 2.19. The largest absolute Gasteiger partial charge is 0.361 e. The summed E-state index contributed by atoms with van der Waals surface area (Å²) >= 11 is 0. The van der Waals surface area contributed by atoms with Gasteiger partial charge in [-0.3, -0.25) is 4.79 Å². The number of aromatic nitrogens is 4. The average molecular weight is 345 g/mol. The maximum Gasteiger partial charge on any atom is 0.167 e. The van der Waals surface area contributed by atoms with E-state index >= 15 is 0 Å². The van der Waals surface area contributed by atoms with Gasteiger partial charge in [-0.2, -0.15) is 0 Å². The van der Waals surface area contributed by atoms with Crippen molar-refractivity contribution in [3.63, 3.8) is 0 Å². The Morgan fingerprint density at radius 1 is 1.20 bits per heavy atom. The van der Waals surface area contributed by atoms with E-state index in [2.05, 4.69) is 15.0 Å². The molecule has 0 saturated heterocycles. The van der Waals surface area contributed by atoms with Gasteiger partial charge in [0.25, 0.3) is 0 Å². The lowest BCUT2D eigenvalue weighted by molar-refractivity contribution is 0.0918. The van der Waals surface area contributed by atoms with Gasteiger partial charge in [-0.1, -0.05) is 6.92 Å². The lowest BCUT2D eigenvalue weighted by Crippen LogP contribution is -2.18. The van der Waals surface area contributed by atoms with E-state index in [9.17, 15) is 13.6 Å². The zero-order valence-corrected chi connectivity index (χ0v) is 14.1. The number of rotatable bonds is 5. The van der Waals surface area contributed by atoms with Crippen LogP contribution in [-0.4, -0.2) is 39.4 Å². The smallest absolute Gasteiger partial charge is 0.167 e. The van der Waals surface area contributed by atoms with Gasteiger partial charge in [-0.25, -0.2) is 23.7 Å². The minimum Gasteiger partial charge on any atom is -0.361 e. The molecule has 1 unspecified atom stereocenters. The minimum absolute atomic E-state index is 0.138. The third-order valence-corrected chi connectivity index (χ3v) is 3.93. The van der Waals surface area contributed by atoms with Crippen LogP contribution in [0.5, 0.6) is 0 Å². The molecule has 0 spiro atoms. The molecule has 8 heteroatoms. The highest BCUT2D eigenvalue weighted by Crippen LogP contribution is 2.21. The fourth-order valence-corrected chi connectivity index (χ4v) is 2.64. The van der Waals surface area contributed by atoms with Crippen molar-refractivity contribution >= 4 is 22.8 Å². The van der Waals surface area contributed by atoms with E-state index in [4.69, 9.17) is 0 Å². The number of carbonyl (C=O) groups is 1. The van der Waals surface area contributed by atoms with Gasteiger partial charge >= 0.3 is 0 Å². The number of hydrogen-bond acceptors (Lipinski definition) is 5. The summed E-state index contributed by atoms with van der Waals surface area (Å²) in [4.78, 5) is 27.1. The van der Waals surface area contributed by atoms with Gasteiger partial charge in [-0.15, -0.1) is 0 Å².